The SMILES string of the molecule is O=C(O)/C=C/C(=O)N(CCS(=O)(=O)N1CCCCC1)Cc1ccncc1. The molecule has 1 N–H and O–H groups in total. The fourth-order valence-electron chi connectivity index (χ4n) is 2.72. The average molecular weight is 381 g/mol. The van der Waals surface area contributed by atoms with Crippen molar-refractivity contribution in [3.05, 3.63) is 42.2 Å². The molecule has 0 aromatic carbocycles. The third-order valence-corrected chi connectivity index (χ3v) is 5.98. The van der Waals surface area contributed by atoms with E-state index < -0.39 is 21.9 Å². The Hall–Kier alpha value is -2.26. The van der Waals surface area contributed by atoms with E-state index in [9.17, 15) is 18.0 Å². The predicted molar refractivity (Wildman–Crippen MR) is 95.6 cm³/mol. The number of pyridine rings is 1. The van der Waals surface area contributed by atoms with Gasteiger partial charge in [0.15, 0.2) is 0 Å². The molecule has 0 unspecified atom stereocenters. The summed E-state index contributed by atoms with van der Waals surface area (Å²) in [6.07, 6.45) is 7.57. The quantitative estimate of drug-likeness (QED) is 0.670. The molecule has 142 valence electrons. The van der Waals surface area contributed by atoms with E-state index in [1.807, 2.05) is 0 Å². The molecule has 0 aliphatic carbocycles. The van der Waals surface area contributed by atoms with Gasteiger partial charge in [0.1, 0.15) is 0 Å². The molecule has 1 saturated heterocycles. The lowest BCUT2D eigenvalue weighted by Crippen LogP contribution is -2.41. The minimum absolute atomic E-state index is 0.00997. The Morgan fingerprint density at radius 1 is 1.15 bits per heavy atom. The van der Waals surface area contributed by atoms with Crippen LogP contribution in [0.2, 0.25) is 0 Å². The minimum Gasteiger partial charge on any atom is -0.478 e. The van der Waals surface area contributed by atoms with Crippen LogP contribution in [0.4, 0.5) is 0 Å². The number of carbonyl (C=O) groups excluding carboxylic acids is 1. The van der Waals surface area contributed by atoms with Gasteiger partial charge in [-0.1, -0.05) is 6.42 Å². The lowest BCUT2D eigenvalue weighted by atomic mass is 10.2. The van der Waals surface area contributed by atoms with Crippen molar-refractivity contribution in [2.75, 3.05) is 25.4 Å². The Morgan fingerprint density at radius 3 is 2.42 bits per heavy atom. The molecule has 26 heavy (non-hydrogen) atoms. The zero-order valence-electron chi connectivity index (χ0n) is 14.5. The van der Waals surface area contributed by atoms with Crippen LogP contribution < -0.4 is 0 Å². The van der Waals surface area contributed by atoms with Crippen LogP contribution in [0.3, 0.4) is 0 Å². The Bertz CT molecular complexity index is 743. The fourth-order valence-corrected chi connectivity index (χ4v) is 4.25. The molecule has 1 fully saturated rings. The summed E-state index contributed by atoms with van der Waals surface area (Å²) < 4.78 is 26.5. The number of carbonyl (C=O) groups is 2. The van der Waals surface area contributed by atoms with E-state index in [-0.39, 0.29) is 18.8 Å². The molecule has 0 saturated carbocycles. The van der Waals surface area contributed by atoms with Crippen molar-refractivity contribution >= 4 is 21.9 Å². The first-order chi connectivity index (χ1) is 12.4. The first-order valence-corrected chi connectivity index (χ1v) is 10.1. The topological polar surface area (TPSA) is 108 Å². The second-order valence-electron chi connectivity index (χ2n) is 6.06. The molecule has 9 heteroatoms. The van der Waals surface area contributed by atoms with Gasteiger partial charge < -0.3 is 10.0 Å². The highest BCUT2D eigenvalue weighted by Crippen LogP contribution is 2.14. The summed E-state index contributed by atoms with van der Waals surface area (Å²) in [7, 11) is -3.45. The van der Waals surface area contributed by atoms with E-state index in [2.05, 4.69) is 4.98 Å². The summed E-state index contributed by atoms with van der Waals surface area (Å²) in [5.41, 5.74) is 0.785. The summed E-state index contributed by atoms with van der Waals surface area (Å²) in [6, 6.07) is 3.45. The third kappa shape index (κ3) is 6.23. The summed E-state index contributed by atoms with van der Waals surface area (Å²) in [4.78, 5) is 28.2. The van der Waals surface area contributed by atoms with Crippen LogP contribution in [0.1, 0.15) is 24.8 Å². The summed E-state index contributed by atoms with van der Waals surface area (Å²) in [6.45, 7) is 1.20. The Kier molecular flexibility index (Phi) is 7.28. The molecule has 2 rings (SSSR count). The number of hydrogen-bond acceptors (Lipinski definition) is 5. The average Bonchev–Trinajstić information content (AvgIpc) is 2.64. The third-order valence-electron chi connectivity index (χ3n) is 4.13. The predicted octanol–water partition coefficient (Wildman–Crippen LogP) is 0.867. The van der Waals surface area contributed by atoms with Crippen LogP contribution in [-0.2, 0) is 26.2 Å². The molecule has 1 aliphatic rings. The van der Waals surface area contributed by atoms with Crippen LogP contribution in [0, 0.1) is 0 Å². The molecule has 0 atom stereocenters. The largest absolute Gasteiger partial charge is 0.478 e. The van der Waals surface area contributed by atoms with Gasteiger partial charge in [0.05, 0.1) is 5.75 Å². The number of aromatic nitrogens is 1. The highest BCUT2D eigenvalue weighted by Gasteiger charge is 2.25. The van der Waals surface area contributed by atoms with E-state index in [4.69, 9.17) is 5.11 Å². The van der Waals surface area contributed by atoms with Crippen LogP contribution >= 0.6 is 0 Å². The number of rotatable bonds is 8. The molecule has 0 bridgehead atoms. The number of carboxylic acid groups (broad SMARTS) is 1. The summed E-state index contributed by atoms with van der Waals surface area (Å²) in [5.74, 6) is -1.97. The molecular weight excluding hydrogens is 358 g/mol. The van der Waals surface area contributed by atoms with Gasteiger partial charge in [0.25, 0.3) is 0 Å². The van der Waals surface area contributed by atoms with Crippen LogP contribution in [0.25, 0.3) is 0 Å². The summed E-state index contributed by atoms with van der Waals surface area (Å²) in [5, 5.41) is 8.69. The fraction of sp³-hybridized carbons (Fsp3) is 0.471. The Balaban J connectivity index is 2.07. The van der Waals surface area contributed by atoms with Gasteiger partial charge in [-0.2, -0.15) is 0 Å². The van der Waals surface area contributed by atoms with Crippen molar-refractivity contribution < 1.29 is 23.1 Å². The second kappa shape index (κ2) is 9.44. The molecule has 1 aromatic heterocycles. The van der Waals surface area contributed by atoms with Gasteiger partial charge in [0.2, 0.25) is 15.9 Å². The van der Waals surface area contributed by atoms with E-state index >= 15 is 0 Å². The standard InChI is InChI=1S/C17H23N3O5S/c21-16(4-5-17(22)23)19(14-15-6-8-18-9-7-15)12-13-26(24,25)20-10-2-1-3-11-20/h4-9H,1-3,10-14H2,(H,22,23)/b5-4+. The molecule has 1 amide bonds. The minimum atomic E-state index is -3.45. The van der Waals surface area contributed by atoms with Crippen molar-refractivity contribution in [2.45, 2.75) is 25.8 Å². The number of sulfonamides is 1. The molecule has 2 heterocycles. The maximum atomic E-state index is 12.5. The van der Waals surface area contributed by atoms with Crippen molar-refractivity contribution in [3.8, 4) is 0 Å². The lowest BCUT2D eigenvalue weighted by molar-refractivity contribution is -0.132. The smallest absolute Gasteiger partial charge is 0.328 e. The molecule has 1 aromatic rings. The van der Waals surface area contributed by atoms with Crippen molar-refractivity contribution in [2.24, 2.45) is 0 Å². The zero-order chi connectivity index (χ0) is 19.0. The number of piperidine rings is 1. The number of amides is 1. The van der Waals surface area contributed by atoms with E-state index in [1.165, 1.54) is 9.21 Å². The van der Waals surface area contributed by atoms with Crippen LogP contribution in [0.5, 0.6) is 0 Å². The first kappa shape index (κ1) is 20.1. The molecule has 8 nitrogen and oxygen atoms in total. The number of aliphatic carboxylic acids is 1. The van der Waals surface area contributed by atoms with Crippen molar-refractivity contribution in [1.29, 1.82) is 0 Å². The highest BCUT2D eigenvalue weighted by atomic mass is 32.2. The first-order valence-electron chi connectivity index (χ1n) is 8.45. The van der Waals surface area contributed by atoms with Crippen LogP contribution in [-0.4, -0.2) is 65.0 Å². The van der Waals surface area contributed by atoms with Gasteiger partial charge in [-0.3, -0.25) is 9.78 Å². The zero-order valence-corrected chi connectivity index (χ0v) is 15.3. The van der Waals surface area contributed by atoms with Gasteiger partial charge >= 0.3 is 5.97 Å². The van der Waals surface area contributed by atoms with E-state index in [1.54, 1.807) is 24.5 Å². The second-order valence-corrected chi connectivity index (χ2v) is 8.15. The molecular formula is C17H23N3O5S. The van der Waals surface area contributed by atoms with E-state index in [0.29, 0.717) is 13.1 Å². The maximum absolute atomic E-state index is 12.5. The Labute approximate surface area is 153 Å². The van der Waals surface area contributed by atoms with E-state index in [0.717, 1.165) is 37.0 Å². The van der Waals surface area contributed by atoms with Gasteiger partial charge in [0, 0.05) is 50.7 Å². The van der Waals surface area contributed by atoms with Gasteiger partial charge in [-0.05, 0) is 30.5 Å². The van der Waals surface area contributed by atoms with Crippen molar-refractivity contribution in [3.63, 3.8) is 0 Å². The number of hydrogen-bond donors (Lipinski definition) is 1. The van der Waals surface area contributed by atoms with Gasteiger partial charge in [-0.15, -0.1) is 0 Å². The normalized spacial score (nSPS) is 15.8. The molecule has 0 spiro atoms. The van der Waals surface area contributed by atoms with Gasteiger partial charge in [-0.25, -0.2) is 17.5 Å². The summed E-state index contributed by atoms with van der Waals surface area (Å²) >= 11 is 0. The Morgan fingerprint density at radius 2 is 1.81 bits per heavy atom. The number of carboxylic acids is 1. The number of nitrogens with zero attached hydrogens (tertiary/aromatic N) is 3. The highest BCUT2D eigenvalue weighted by molar-refractivity contribution is 7.89. The molecule has 0 radical (unpaired) electrons. The monoisotopic (exact) mass is 381 g/mol. The van der Waals surface area contributed by atoms with Crippen LogP contribution in [0.15, 0.2) is 36.7 Å². The van der Waals surface area contributed by atoms with Crippen molar-refractivity contribution in [1.82, 2.24) is 14.2 Å². The maximum Gasteiger partial charge on any atom is 0.328 e. The lowest BCUT2D eigenvalue weighted by Gasteiger charge is -2.27. The molecule has 1 aliphatic heterocycles.